The first-order chi connectivity index (χ1) is 7.47. The van der Waals surface area contributed by atoms with E-state index in [9.17, 15) is 18.7 Å². The molecular formula is C9H8BrF2NO3. The number of pyridine rings is 1. The SMILES string of the molecule is CCOC(=O)c1nc(C(F)F)c(Br)cc1O. The van der Waals surface area contributed by atoms with Gasteiger partial charge in [-0.25, -0.2) is 18.6 Å². The van der Waals surface area contributed by atoms with Gasteiger partial charge in [-0.05, 0) is 28.9 Å². The summed E-state index contributed by atoms with van der Waals surface area (Å²) in [6.45, 7) is 1.63. The van der Waals surface area contributed by atoms with Gasteiger partial charge in [0, 0.05) is 4.47 Å². The van der Waals surface area contributed by atoms with E-state index in [0.717, 1.165) is 6.07 Å². The fourth-order valence-corrected chi connectivity index (χ4v) is 1.47. The maximum atomic E-state index is 12.5. The topological polar surface area (TPSA) is 59.4 Å². The van der Waals surface area contributed by atoms with E-state index in [1.54, 1.807) is 6.92 Å². The van der Waals surface area contributed by atoms with Crippen molar-refractivity contribution < 1.29 is 23.4 Å². The number of halogens is 3. The van der Waals surface area contributed by atoms with Gasteiger partial charge in [0.1, 0.15) is 11.4 Å². The molecule has 0 unspecified atom stereocenters. The summed E-state index contributed by atoms with van der Waals surface area (Å²) in [4.78, 5) is 14.6. The molecule has 1 aromatic heterocycles. The monoisotopic (exact) mass is 295 g/mol. The molecule has 0 aliphatic carbocycles. The minimum Gasteiger partial charge on any atom is -0.505 e. The summed E-state index contributed by atoms with van der Waals surface area (Å²) >= 11 is 2.82. The summed E-state index contributed by atoms with van der Waals surface area (Å²) in [6.07, 6.45) is -2.84. The molecule has 0 fully saturated rings. The largest absolute Gasteiger partial charge is 0.505 e. The molecule has 1 aromatic rings. The summed E-state index contributed by atoms with van der Waals surface area (Å²) in [5.74, 6) is -1.44. The number of hydrogen-bond donors (Lipinski definition) is 1. The van der Waals surface area contributed by atoms with E-state index < -0.39 is 29.5 Å². The second-order valence-corrected chi connectivity index (χ2v) is 3.60. The molecule has 0 amide bonds. The maximum absolute atomic E-state index is 12.5. The molecule has 0 saturated heterocycles. The van der Waals surface area contributed by atoms with Gasteiger partial charge < -0.3 is 9.84 Å². The van der Waals surface area contributed by atoms with Gasteiger partial charge in [-0.15, -0.1) is 0 Å². The highest BCUT2D eigenvalue weighted by atomic mass is 79.9. The third-order valence-corrected chi connectivity index (χ3v) is 2.29. The molecule has 4 nitrogen and oxygen atoms in total. The van der Waals surface area contributed by atoms with Crippen LogP contribution in [0.25, 0.3) is 0 Å². The van der Waals surface area contributed by atoms with Crippen LogP contribution in [-0.2, 0) is 4.74 Å². The van der Waals surface area contributed by atoms with Crippen LogP contribution in [0.2, 0.25) is 0 Å². The van der Waals surface area contributed by atoms with Gasteiger partial charge in [-0.3, -0.25) is 0 Å². The molecule has 0 spiro atoms. The van der Waals surface area contributed by atoms with Gasteiger partial charge in [0.2, 0.25) is 0 Å². The fourth-order valence-electron chi connectivity index (χ4n) is 0.996. The maximum Gasteiger partial charge on any atom is 0.360 e. The highest BCUT2D eigenvalue weighted by Gasteiger charge is 2.21. The molecule has 1 heterocycles. The Morgan fingerprint density at radius 2 is 2.31 bits per heavy atom. The van der Waals surface area contributed by atoms with Crippen molar-refractivity contribution in [3.8, 4) is 5.75 Å². The molecule has 7 heteroatoms. The quantitative estimate of drug-likeness (QED) is 0.871. The molecule has 1 N–H and O–H groups in total. The number of aromatic nitrogens is 1. The second-order valence-electron chi connectivity index (χ2n) is 2.74. The third kappa shape index (κ3) is 2.66. The lowest BCUT2D eigenvalue weighted by atomic mass is 10.3. The summed E-state index contributed by atoms with van der Waals surface area (Å²) < 4.78 is 29.4. The van der Waals surface area contributed by atoms with E-state index in [-0.39, 0.29) is 11.1 Å². The Kier molecular flexibility index (Phi) is 4.17. The van der Waals surface area contributed by atoms with Gasteiger partial charge in [-0.1, -0.05) is 0 Å². The first-order valence-electron chi connectivity index (χ1n) is 4.32. The zero-order valence-corrected chi connectivity index (χ0v) is 9.79. The zero-order valence-electron chi connectivity index (χ0n) is 8.21. The van der Waals surface area contributed by atoms with Gasteiger partial charge in [0.25, 0.3) is 6.43 Å². The fraction of sp³-hybridized carbons (Fsp3) is 0.333. The van der Waals surface area contributed by atoms with E-state index in [1.807, 2.05) is 0 Å². The zero-order chi connectivity index (χ0) is 12.3. The Labute approximate surface area is 98.4 Å². The molecular weight excluding hydrogens is 288 g/mol. The average Bonchev–Trinajstić information content (AvgIpc) is 2.17. The Balaban J connectivity index is 3.19. The first kappa shape index (κ1) is 12.8. The molecule has 0 saturated carbocycles. The second kappa shape index (κ2) is 5.20. The highest BCUT2D eigenvalue weighted by Crippen LogP contribution is 2.30. The minimum absolute atomic E-state index is 0.0620. The Bertz CT molecular complexity index is 412. The Morgan fingerprint density at radius 3 is 2.81 bits per heavy atom. The Morgan fingerprint density at radius 1 is 1.69 bits per heavy atom. The average molecular weight is 296 g/mol. The van der Waals surface area contributed by atoms with Gasteiger partial charge in [-0.2, -0.15) is 0 Å². The lowest BCUT2D eigenvalue weighted by molar-refractivity contribution is 0.0514. The number of hydrogen-bond acceptors (Lipinski definition) is 4. The van der Waals surface area contributed by atoms with Crippen LogP contribution in [0.3, 0.4) is 0 Å². The van der Waals surface area contributed by atoms with E-state index in [4.69, 9.17) is 0 Å². The number of esters is 1. The third-order valence-electron chi connectivity index (χ3n) is 1.66. The van der Waals surface area contributed by atoms with Crippen LogP contribution in [0, 0.1) is 0 Å². The molecule has 16 heavy (non-hydrogen) atoms. The van der Waals surface area contributed by atoms with Gasteiger partial charge >= 0.3 is 5.97 Å². The number of nitrogens with zero attached hydrogens (tertiary/aromatic N) is 1. The van der Waals surface area contributed by atoms with Gasteiger partial charge in [0.05, 0.1) is 6.61 Å². The van der Waals surface area contributed by atoms with Crippen molar-refractivity contribution in [2.75, 3.05) is 6.61 Å². The molecule has 0 radical (unpaired) electrons. The van der Waals surface area contributed by atoms with E-state index in [1.165, 1.54) is 0 Å². The smallest absolute Gasteiger partial charge is 0.360 e. The van der Waals surface area contributed by atoms with E-state index in [0.29, 0.717) is 0 Å². The van der Waals surface area contributed by atoms with E-state index in [2.05, 4.69) is 25.7 Å². The number of ether oxygens (including phenoxy) is 1. The van der Waals surface area contributed by atoms with Crippen LogP contribution in [-0.4, -0.2) is 22.7 Å². The van der Waals surface area contributed by atoms with Crippen molar-refractivity contribution in [1.29, 1.82) is 0 Å². The summed E-state index contributed by atoms with van der Waals surface area (Å²) in [6, 6.07) is 0.987. The first-order valence-corrected chi connectivity index (χ1v) is 5.11. The summed E-state index contributed by atoms with van der Waals surface area (Å²) in [5.41, 5.74) is -1.12. The van der Waals surface area contributed by atoms with Crippen molar-refractivity contribution in [3.63, 3.8) is 0 Å². The molecule has 0 aliphatic rings. The highest BCUT2D eigenvalue weighted by molar-refractivity contribution is 9.10. The standard InChI is InChI=1S/C9H8BrF2NO3/c1-2-16-9(15)7-5(14)3-4(10)6(13-7)8(11)12/h3,8,14H,2H2,1H3. The van der Waals surface area contributed by atoms with Crippen LogP contribution in [0.5, 0.6) is 5.75 Å². The molecule has 88 valence electrons. The lowest BCUT2D eigenvalue weighted by Crippen LogP contribution is -2.09. The molecule has 0 atom stereocenters. The predicted octanol–water partition coefficient (Wildman–Crippen LogP) is 2.66. The van der Waals surface area contributed by atoms with Crippen LogP contribution in [0.1, 0.15) is 29.5 Å². The van der Waals surface area contributed by atoms with Crippen molar-refractivity contribution in [2.24, 2.45) is 0 Å². The van der Waals surface area contributed by atoms with Crippen molar-refractivity contribution >= 4 is 21.9 Å². The van der Waals surface area contributed by atoms with Crippen LogP contribution >= 0.6 is 15.9 Å². The van der Waals surface area contributed by atoms with Crippen LogP contribution in [0.15, 0.2) is 10.5 Å². The minimum atomic E-state index is -2.84. The number of carbonyl (C=O) groups excluding carboxylic acids is 1. The number of carbonyl (C=O) groups is 1. The summed E-state index contributed by atoms with van der Waals surface area (Å²) in [5, 5.41) is 9.36. The van der Waals surface area contributed by atoms with Crippen LogP contribution in [0.4, 0.5) is 8.78 Å². The number of alkyl halides is 2. The van der Waals surface area contributed by atoms with E-state index >= 15 is 0 Å². The van der Waals surface area contributed by atoms with Crippen molar-refractivity contribution in [2.45, 2.75) is 13.3 Å². The predicted molar refractivity (Wildman–Crippen MR) is 54.5 cm³/mol. The number of aromatic hydroxyl groups is 1. The van der Waals surface area contributed by atoms with Crippen molar-refractivity contribution in [1.82, 2.24) is 4.98 Å². The molecule has 0 bridgehead atoms. The van der Waals surface area contributed by atoms with Crippen LogP contribution < -0.4 is 0 Å². The molecule has 0 aliphatic heterocycles. The molecule has 0 aromatic carbocycles. The number of rotatable bonds is 3. The summed E-state index contributed by atoms with van der Waals surface area (Å²) in [7, 11) is 0. The van der Waals surface area contributed by atoms with Crippen molar-refractivity contribution in [3.05, 3.63) is 21.9 Å². The normalized spacial score (nSPS) is 10.6. The lowest BCUT2D eigenvalue weighted by Gasteiger charge is -2.07. The molecule has 1 rings (SSSR count). The Hall–Kier alpha value is -1.24. The van der Waals surface area contributed by atoms with Gasteiger partial charge in [0.15, 0.2) is 5.69 Å².